The van der Waals surface area contributed by atoms with Gasteiger partial charge in [0.25, 0.3) is 5.91 Å². The number of hydrogen-bond donors (Lipinski definition) is 1. The molecular weight excluding hydrogens is 334 g/mol. The number of hydrogen-bond acceptors (Lipinski definition) is 6. The molecule has 26 heavy (non-hydrogen) atoms. The standard InChI is InChI=1S/C18H27N5O3/c1-2-26-18(25)23-10-8-22(9-11-23)16-13-19-15(12-20-16)17(24)21-14-6-4-3-5-7-14/h12-14H,2-11H2,1H3,(H,21,24). The predicted octanol–water partition coefficient (Wildman–Crippen LogP) is 1.82. The first-order valence-electron chi connectivity index (χ1n) is 9.47. The van der Waals surface area contributed by atoms with Crippen molar-refractivity contribution in [3.8, 4) is 0 Å². The minimum atomic E-state index is -0.270. The van der Waals surface area contributed by atoms with Gasteiger partial charge in [0.2, 0.25) is 0 Å². The maximum absolute atomic E-state index is 12.3. The molecule has 1 saturated carbocycles. The lowest BCUT2D eigenvalue weighted by atomic mass is 9.95. The van der Waals surface area contributed by atoms with E-state index in [0.717, 1.165) is 18.7 Å². The molecule has 1 aromatic heterocycles. The highest BCUT2D eigenvalue weighted by molar-refractivity contribution is 5.92. The minimum absolute atomic E-state index is 0.150. The maximum Gasteiger partial charge on any atom is 0.409 e. The first kappa shape index (κ1) is 18.4. The van der Waals surface area contributed by atoms with Crippen molar-refractivity contribution in [3.63, 3.8) is 0 Å². The van der Waals surface area contributed by atoms with Crippen LogP contribution in [0.15, 0.2) is 12.4 Å². The Kier molecular flexibility index (Phi) is 6.25. The van der Waals surface area contributed by atoms with E-state index in [4.69, 9.17) is 4.74 Å². The first-order valence-corrected chi connectivity index (χ1v) is 9.47. The van der Waals surface area contributed by atoms with Crippen LogP contribution < -0.4 is 10.2 Å². The lowest BCUT2D eigenvalue weighted by Crippen LogP contribution is -2.49. The molecule has 0 spiro atoms. The van der Waals surface area contributed by atoms with E-state index in [1.165, 1.54) is 25.5 Å². The molecule has 2 heterocycles. The molecule has 3 rings (SSSR count). The molecule has 0 radical (unpaired) electrons. The number of amides is 2. The Balaban J connectivity index is 1.51. The van der Waals surface area contributed by atoms with Gasteiger partial charge >= 0.3 is 6.09 Å². The number of nitrogens with zero attached hydrogens (tertiary/aromatic N) is 4. The van der Waals surface area contributed by atoms with Gasteiger partial charge in [0.1, 0.15) is 11.5 Å². The van der Waals surface area contributed by atoms with Crippen LogP contribution in [-0.4, -0.2) is 65.7 Å². The van der Waals surface area contributed by atoms with E-state index in [9.17, 15) is 9.59 Å². The number of piperazine rings is 1. The zero-order chi connectivity index (χ0) is 18.4. The molecule has 1 N–H and O–H groups in total. The monoisotopic (exact) mass is 361 g/mol. The summed E-state index contributed by atoms with van der Waals surface area (Å²) in [5.41, 5.74) is 0.351. The van der Waals surface area contributed by atoms with Crippen LogP contribution in [0.1, 0.15) is 49.5 Å². The highest BCUT2D eigenvalue weighted by Gasteiger charge is 2.23. The number of carbonyl (C=O) groups is 2. The summed E-state index contributed by atoms with van der Waals surface area (Å²) in [4.78, 5) is 36.5. The van der Waals surface area contributed by atoms with Gasteiger partial charge in [0.05, 0.1) is 19.0 Å². The van der Waals surface area contributed by atoms with Gasteiger partial charge in [-0.1, -0.05) is 19.3 Å². The van der Waals surface area contributed by atoms with Crippen molar-refractivity contribution < 1.29 is 14.3 Å². The average Bonchev–Trinajstić information content (AvgIpc) is 2.69. The Labute approximate surface area is 153 Å². The zero-order valence-corrected chi connectivity index (χ0v) is 15.3. The van der Waals surface area contributed by atoms with Gasteiger partial charge in [-0.05, 0) is 19.8 Å². The smallest absolute Gasteiger partial charge is 0.409 e. The SMILES string of the molecule is CCOC(=O)N1CCN(c2cnc(C(=O)NC3CCCCC3)cn2)CC1. The van der Waals surface area contributed by atoms with Crippen molar-refractivity contribution in [2.24, 2.45) is 0 Å². The molecular formula is C18H27N5O3. The average molecular weight is 361 g/mol. The second kappa shape index (κ2) is 8.82. The van der Waals surface area contributed by atoms with E-state index >= 15 is 0 Å². The van der Waals surface area contributed by atoms with Crippen LogP contribution in [0.25, 0.3) is 0 Å². The molecule has 0 bridgehead atoms. The Bertz CT molecular complexity index is 608. The first-order chi connectivity index (χ1) is 12.7. The maximum atomic E-state index is 12.3. The van der Waals surface area contributed by atoms with Crippen molar-refractivity contribution in [2.75, 3.05) is 37.7 Å². The van der Waals surface area contributed by atoms with Crippen LogP contribution in [0.3, 0.4) is 0 Å². The molecule has 0 unspecified atom stereocenters. The highest BCUT2D eigenvalue weighted by atomic mass is 16.6. The van der Waals surface area contributed by atoms with E-state index in [0.29, 0.717) is 38.5 Å². The summed E-state index contributed by atoms with van der Waals surface area (Å²) in [6, 6.07) is 0.258. The fourth-order valence-corrected chi connectivity index (χ4v) is 3.44. The van der Waals surface area contributed by atoms with E-state index in [2.05, 4.69) is 20.2 Å². The van der Waals surface area contributed by atoms with Crippen molar-refractivity contribution >= 4 is 17.8 Å². The third kappa shape index (κ3) is 4.62. The van der Waals surface area contributed by atoms with Crippen LogP contribution in [0.4, 0.5) is 10.6 Å². The fourth-order valence-electron chi connectivity index (χ4n) is 3.44. The molecule has 1 saturated heterocycles. The number of aromatic nitrogens is 2. The van der Waals surface area contributed by atoms with Gasteiger partial charge in [0, 0.05) is 32.2 Å². The summed E-state index contributed by atoms with van der Waals surface area (Å²) in [6.07, 6.45) is 8.59. The van der Waals surface area contributed by atoms with Crippen LogP contribution in [0, 0.1) is 0 Å². The predicted molar refractivity (Wildman–Crippen MR) is 97.2 cm³/mol. The third-order valence-electron chi connectivity index (χ3n) is 4.94. The Morgan fingerprint density at radius 2 is 1.85 bits per heavy atom. The zero-order valence-electron chi connectivity index (χ0n) is 15.3. The van der Waals surface area contributed by atoms with E-state index in [-0.39, 0.29) is 18.0 Å². The number of rotatable bonds is 4. The Morgan fingerprint density at radius 1 is 1.12 bits per heavy atom. The van der Waals surface area contributed by atoms with Gasteiger partial charge in [-0.3, -0.25) is 4.79 Å². The molecule has 1 aromatic rings. The second-order valence-corrected chi connectivity index (χ2v) is 6.74. The molecule has 2 aliphatic rings. The summed E-state index contributed by atoms with van der Waals surface area (Å²) in [5, 5.41) is 3.05. The molecule has 0 atom stereocenters. The van der Waals surface area contributed by atoms with Crippen molar-refractivity contribution in [1.29, 1.82) is 0 Å². The molecule has 2 fully saturated rings. The Morgan fingerprint density at radius 3 is 2.46 bits per heavy atom. The minimum Gasteiger partial charge on any atom is -0.450 e. The summed E-state index contributed by atoms with van der Waals surface area (Å²) in [6.45, 7) is 4.70. The third-order valence-corrected chi connectivity index (χ3v) is 4.94. The number of nitrogens with one attached hydrogen (secondary N) is 1. The van der Waals surface area contributed by atoms with Crippen LogP contribution in [-0.2, 0) is 4.74 Å². The molecule has 142 valence electrons. The quantitative estimate of drug-likeness (QED) is 0.880. The number of anilines is 1. The fraction of sp³-hybridized carbons (Fsp3) is 0.667. The van der Waals surface area contributed by atoms with Gasteiger partial charge < -0.3 is 19.9 Å². The lowest BCUT2D eigenvalue weighted by Gasteiger charge is -2.34. The van der Waals surface area contributed by atoms with Crippen molar-refractivity contribution in [2.45, 2.75) is 45.1 Å². The van der Waals surface area contributed by atoms with E-state index in [1.807, 2.05) is 0 Å². The molecule has 0 aromatic carbocycles. The van der Waals surface area contributed by atoms with Gasteiger partial charge in [-0.2, -0.15) is 0 Å². The summed E-state index contributed by atoms with van der Waals surface area (Å²) >= 11 is 0. The number of ether oxygens (including phenoxy) is 1. The van der Waals surface area contributed by atoms with Gasteiger partial charge in [-0.15, -0.1) is 0 Å². The molecule has 1 aliphatic carbocycles. The van der Waals surface area contributed by atoms with Crippen molar-refractivity contribution in [1.82, 2.24) is 20.2 Å². The highest BCUT2D eigenvalue weighted by Crippen LogP contribution is 2.18. The van der Waals surface area contributed by atoms with Crippen LogP contribution >= 0.6 is 0 Å². The topological polar surface area (TPSA) is 87.7 Å². The summed E-state index contributed by atoms with van der Waals surface area (Å²) in [7, 11) is 0. The molecule has 8 heteroatoms. The lowest BCUT2D eigenvalue weighted by molar-refractivity contribution is 0.0921. The summed E-state index contributed by atoms with van der Waals surface area (Å²) < 4.78 is 5.02. The Hall–Kier alpha value is -2.38. The largest absolute Gasteiger partial charge is 0.450 e. The number of carbonyl (C=O) groups excluding carboxylic acids is 2. The van der Waals surface area contributed by atoms with Crippen LogP contribution in [0.2, 0.25) is 0 Å². The summed E-state index contributed by atoms with van der Waals surface area (Å²) in [5.74, 6) is 0.575. The molecule has 1 aliphatic heterocycles. The van der Waals surface area contributed by atoms with Gasteiger partial charge in [0.15, 0.2) is 0 Å². The van der Waals surface area contributed by atoms with Gasteiger partial charge in [-0.25, -0.2) is 14.8 Å². The van der Waals surface area contributed by atoms with Crippen LogP contribution in [0.5, 0.6) is 0 Å². The van der Waals surface area contributed by atoms with Crippen molar-refractivity contribution in [3.05, 3.63) is 18.1 Å². The molecule has 2 amide bonds. The van der Waals surface area contributed by atoms with E-state index < -0.39 is 0 Å². The molecule has 8 nitrogen and oxygen atoms in total. The second-order valence-electron chi connectivity index (χ2n) is 6.74. The van der Waals surface area contributed by atoms with E-state index in [1.54, 1.807) is 18.0 Å². The normalized spacial score (nSPS) is 18.5.